The molecular weight excluding hydrogens is 551 g/mol. The molecule has 0 aliphatic heterocycles. The number of nitrogens with zero attached hydrogens (tertiary/aromatic N) is 1. The second-order valence-electron chi connectivity index (χ2n) is 11.3. The van der Waals surface area contributed by atoms with Crippen molar-refractivity contribution in [3.8, 4) is 11.1 Å². The van der Waals surface area contributed by atoms with E-state index >= 15 is 0 Å². The fraction of sp³-hybridized carbons (Fsp3) is 0. The molecular formula is C42H27NS. The minimum atomic E-state index is 1.14. The first-order chi connectivity index (χ1) is 21.8. The van der Waals surface area contributed by atoms with Gasteiger partial charge in [-0.2, -0.15) is 0 Å². The third kappa shape index (κ3) is 3.92. The van der Waals surface area contributed by atoms with Crippen LogP contribution in [-0.2, 0) is 0 Å². The standard InChI is InChI=1S/C42H27NS/c1-3-14-32-28(11-1)13-9-19-33(32)29-23-25-31(26-24-29)43(38-20-10-22-41-42(38)37-18-7-8-21-40(37)44-41)39-27-30-12-2-4-15-34(30)35-16-5-6-17-36(35)39/h1-27H. The average molecular weight is 578 g/mol. The van der Waals surface area contributed by atoms with Crippen molar-refractivity contribution >= 4 is 80.9 Å². The molecule has 0 N–H and O–H groups in total. The average Bonchev–Trinajstić information content (AvgIpc) is 3.48. The smallest absolute Gasteiger partial charge is 0.0555 e. The highest BCUT2D eigenvalue weighted by Crippen LogP contribution is 2.47. The van der Waals surface area contributed by atoms with Crippen LogP contribution < -0.4 is 4.90 Å². The first-order valence-corrected chi connectivity index (χ1v) is 15.8. The number of fused-ring (bicyclic) bond motifs is 7. The Kier molecular flexibility index (Phi) is 5.75. The summed E-state index contributed by atoms with van der Waals surface area (Å²) in [6.45, 7) is 0. The molecule has 0 aliphatic carbocycles. The van der Waals surface area contributed by atoms with E-state index in [1.54, 1.807) is 0 Å². The van der Waals surface area contributed by atoms with Crippen LogP contribution >= 0.6 is 11.3 Å². The highest BCUT2D eigenvalue weighted by molar-refractivity contribution is 7.26. The molecule has 2 heteroatoms. The van der Waals surface area contributed by atoms with E-state index in [0.717, 1.165) is 5.69 Å². The number of hydrogen-bond donors (Lipinski definition) is 0. The first kappa shape index (κ1) is 25.1. The summed E-state index contributed by atoms with van der Waals surface area (Å²) in [5, 5.41) is 10.1. The lowest BCUT2D eigenvalue weighted by Crippen LogP contribution is -2.11. The number of rotatable bonds is 4. The van der Waals surface area contributed by atoms with Crippen LogP contribution in [-0.4, -0.2) is 0 Å². The van der Waals surface area contributed by atoms with Gasteiger partial charge in [-0.25, -0.2) is 0 Å². The predicted octanol–water partition coefficient (Wildman–Crippen LogP) is 12.7. The van der Waals surface area contributed by atoms with Crippen molar-refractivity contribution in [2.45, 2.75) is 0 Å². The molecule has 0 saturated carbocycles. The fourth-order valence-corrected chi connectivity index (χ4v) is 7.96. The number of benzene rings is 8. The third-order valence-corrected chi connectivity index (χ3v) is 9.97. The molecule has 0 amide bonds. The predicted molar refractivity (Wildman–Crippen MR) is 192 cm³/mol. The Labute approximate surface area is 259 Å². The van der Waals surface area contributed by atoms with Crippen LogP contribution in [0.5, 0.6) is 0 Å². The van der Waals surface area contributed by atoms with Crippen molar-refractivity contribution in [2.75, 3.05) is 4.90 Å². The molecule has 0 fully saturated rings. The molecule has 0 aliphatic rings. The van der Waals surface area contributed by atoms with E-state index in [9.17, 15) is 0 Å². The SMILES string of the molecule is c1ccc2c(-c3ccc(N(c4cc5ccccc5c5ccccc45)c4cccc5sc6ccccc6c45)cc3)cccc2c1. The maximum Gasteiger partial charge on any atom is 0.0555 e. The molecule has 0 unspecified atom stereocenters. The summed E-state index contributed by atoms with van der Waals surface area (Å²) < 4.78 is 2.61. The highest BCUT2D eigenvalue weighted by Gasteiger charge is 2.21. The van der Waals surface area contributed by atoms with E-state index in [-0.39, 0.29) is 0 Å². The van der Waals surface area contributed by atoms with E-state index in [1.807, 2.05) is 11.3 Å². The van der Waals surface area contributed by atoms with Gasteiger partial charge in [0, 0.05) is 31.2 Å². The van der Waals surface area contributed by atoms with Gasteiger partial charge in [0.15, 0.2) is 0 Å². The number of hydrogen-bond acceptors (Lipinski definition) is 2. The first-order valence-electron chi connectivity index (χ1n) is 15.0. The Morgan fingerprint density at radius 1 is 0.386 bits per heavy atom. The monoisotopic (exact) mass is 577 g/mol. The van der Waals surface area contributed by atoms with Gasteiger partial charge < -0.3 is 4.90 Å². The third-order valence-electron chi connectivity index (χ3n) is 8.83. The van der Waals surface area contributed by atoms with E-state index in [1.165, 1.54) is 75.0 Å². The van der Waals surface area contributed by atoms with Crippen molar-refractivity contribution in [2.24, 2.45) is 0 Å². The lowest BCUT2D eigenvalue weighted by atomic mass is 9.97. The highest BCUT2D eigenvalue weighted by atomic mass is 32.1. The summed E-state index contributed by atoms with van der Waals surface area (Å²) in [7, 11) is 0. The van der Waals surface area contributed by atoms with Gasteiger partial charge in [-0.05, 0) is 74.5 Å². The number of anilines is 3. The van der Waals surface area contributed by atoms with E-state index < -0.39 is 0 Å². The second-order valence-corrected chi connectivity index (χ2v) is 12.4. The largest absolute Gasteiger partial charge is 0.309 e. The van der Waals surface area contributed by atoms with Gasteiger partial charge in [0.25, 0.3) is 0 Å². The molecule has 0 radical (unpaired) electrons. The van der Waals surface area contributed by atoms with Crippen LogP contribution in [0.15, 0.2) is 164 Å². The normalized spacial score (nSPS) is 11.6. The van der Waals surface area contributed by atoms with Crippen LogP contribution in [0.4, 0.5) is 17.1 Å². The Balaban J connectivity index is 1.33. The van der Waals surface area contributed by atoms with Gasteiger partial charge in [0.05, 0.1) is 11.4 Å². The Hall–Kier alpha value is -5.44. The molecule has 44 heavy (non-hydrogen) atoms. The van der Waals surface area contributed by atoms with E-state index in [0.29, 0.717) is 0 Å². The molecule has 9 rings (SSSR count). The maximum atomic E-state index is 2.48. The molecule has 1 heterocycles. The summed E-state index contributed by atoms with van der Waals surface area (Å²) in [5.74, 6) is 0. The topological polar surface area (TPSA) is 3.24 Å². The Morgan fingerprint density at radius 2 is 1.00 bits per heavy atom. The molecule has 0 saturated heterocycles. The molecule has 1 aromatic heterocycles. The van der Waals surface area contributed by atoms with Gasteiger partial charge in [-0.3, -0.25) is 0 Å². The zero-order valence-corrected chi connectivity index (χ0v) is 24.8. The van der Waals surface area contributed by atoms with Crippen LogP contribution in [0.1, 0.15) is 0 Å². The van der Waals surface area contributed by atoms with Gasteiger partial charge in [0.2, 0.25) is 0 Å². The fourth-order valence-electron chi connectivity index (χ4n) is 6.84. The van der Waals surface area contributed by atoms with Gasteiger partial charge >= 0.3 is 0 Å². The molecule has 0 atom stereocenters. The van der Waals surface area contributed by atoms with Crippen LogP contribution in [0.25, 0.3) is 63.6 Å². The van der Waals surface area contributed by atoms with Crippen molar-refractivity contribution in [1.29, 1.82) is 0 Å². The van der Waals surface area contributed by atoms with E-state index in [2.05, 4.69) is 169 Å². The van der Waals surface area contributed by atoms with Gasteiger partial charge in [0.1, 0.15) is 0 Å². The van der Waals surface area contributed by atoms with Crippen molar-refractivity contribution < 1.29 is 0 Å². The van der Waals surface area contributed by atoms with Gasteiger partial charge in [-0.15, -0.1) is 11.3 Å². The summed E-state index contributed by atoms with van der Waals surface area (Å²) >= 11 is 1.86. The Bertz CT molecular complexity index is 2500. The molecule has 8 aromatic carbocycles. The van der Waals surface area contributed by atoms with Crippen LogP contribution in [0.2, 0.25) is 0 Å². The quantitative estimate of drug-likeness (QED) is 0.188. The van der Waals surface area contributed by atoms with Crippen molar-refractivity contribution in [1.82, 2.24) is 0 Å². The van der Waals surface area contributed by atoms with Crippen molar-refractivity contribution in [3.63, 3.8) is 0 Å². The zero-order valence-electron chi connectivity index (χ0n) is 23.9. The molecule has 9 aromatic rings. The van der Waals surface area contributed by atoms with Crippen LogP contribution in [0.3, 0.4) is 0 Å². The zero-order chi connectivity index (χ0) is 29.0. The molecule has 206 valence electrons. The Morgan fingerprint density at radius 3 is 1.84 bits per heavy atom. The van der Waals surface area contributed by atoms with Gasteiger partial charge in [-0.1, -0.05) is 127 Å². The minimum absolute atomic E-state index is 1.14. The minimum Gasteiger partial charge on any atom is -0.309 e. The summed E-state index contributed by atoms with van der Waals surface area (Å²) in [5.41, 5.74) is 5.98. The number of thiophene rings is 1. The van der Waals surface area contributed by atoms with Crippen LogP contribution in [0, 0.1) is 0 Å². The molecule has 1 nitrogen and oxygen atoms in total. The summed E-state index contributed by atoms with van der Waals surface area (Å²) in [6.07, 6.45) is 0. The molecule has 0 bridgehead atoms. The van der Waals surface area contributed by atoms with Crippen molar-refractivity contribution in [3.05, 3.63) is 164 Å². The molecule has 0 spiro atoms. The lowest BCUT2D eigenvalue weighted by molar-refractivity contribution is 1.32. The summed E-state index contributed by atoms with van der Waals surface area (Å²) in [6, 6.07) is 59.8. The maximum absolute atomic E-state index is 2.48. The second kappa shape index (κ2) is 10.1. The summed E-state index contributed by atoms with van der Waals surface area (Å²) in [4.78, 5) is 2.48. The van der Waals surface area contributed by atoms with E-state index in [4.69, 9.17) is 0 Å². The lowest BCUT2D eigenvalue weighted by Gasteiger charge is -2.28.